The molecule has 0 fully saturated rings. The van der Waals surface area contributed by atoms with E-state index in [9.17, 15) is 4.79 Å². The van der Waals surface area contributed by atoms with Crippen molar-refractivity contribution in [3.05, 3.63) is 75.2 Å². The lowest BCUT2D eigenvalue weighted by Crippen LogP contribution is -2.42. The van der Waals surface area contributed by atoms with Crippen molar-refractivity contribution in [2.45, 2.75) is 19.4 Å². The van der Waals surface area contributed by atoms with Crippen LogP contribution in [-0.2, 0) is 0 Å². The summed E-state index contributed by atoms with van der Waals surface area (Å²) in [6.45, 7) is 3.66. The number of carbonyl (C=O) groups is 1. The minimum absolute atomic E-state index is 0.217. The first-order chi connectivity index (χ1) is 13.3. The minimum atomic E-state index is -0.727. The van der Waals surface area contributed by atoms with Crippen molar-refractivity contribution in [1.29, 1.82) is 0 Å². The van der Waals surface area contributed by atoms with Gasteiger partial charge in [0.25, 0.3) is 11.1 Å². The summed E-state index contributed by atoms with van der Waals surface area (Å²) < 4.78 is 5.68. The molecule has 0 aliphatic rings. The molecule has 1 heterocycles. The second-order valence-electron chi connectivity index (χ2n) is 6.39. The maximum Gasteiger partial charge on any atom is 0.279 e. The molecule has 3 aromatic rings. The lowest BCUT2D eigenvalue weighted by atomic mass is 10.1. The number of hydrogen-bond donors (Lipinski definition) is 1. The van der Waals surface area contributed by atoms with E-state index in [1.807, 2.05) is 13.8 Å². The SMILES string of the molecule is CC(C)(C#Cc1cnc(Oc2cccc(Cl)c2)s1)NC(=O)c1ccc(Cl)cc1. The Bertz CT molecular complexity index is 1050. The van der Waals surface area contributed by atoms with Gasteiger partial charge in [0.05, 0.1) is 11.7 Å². The number of thiazole rings is 1. The summed E-state index contributed by atoms with van der Waals surface area (Å²) in [5.74, 6) is 6.48. The van der Waals surface area contributed by atoms with Gasteiger partial charge in [-0.25, -0.2) is 4.98 Å². The third kappa shape index (κ3) is 5.74. The van der Waals surface area contributed by atoms with Crippen LogP contribution < -0.4 is 10.1 Å². The highest BCUT2D eigenvalue weighted by Crippen LogP contribution is 2.27. The van der Waals surface area contributed by atoms with Gasteiger partial charge in [0.2, 0.25) is 0 Å². The Labute approximate surface area is 177 Å². The molecule has 4 nitrogen and oxygen atoms in total. The van der Waals surface area contributed by atoms with Crippen LogP contribution in [-0.4, -0.2) is 16.4 Å². The third-order valence-electron chi connectivity index (χ3n) is 3.52. The van der Waals surface area contributed by atoms with Gasteiger partial charge in [-0.15, -0.1) is 0 Å². The molecule has 142 valence electrons. The Balaban J connectivity index is 1.65. The number of ether oxygens (including phenoxy) is 1. The monoisotopic (exact) mass is 430 g/mol. The molecule has 1 amide bonds. The van der Waals surface area contributed by atoms with E-state index in [-0.39, 0.29) is 5.91 Å². The molecule has 0 aliphatic carbocycles. The van der Waals surface area contributed by atoms with Gasteiger partial charge in [0.1, 0.15) is 10.6 Å². The fourth-order valence-corrected chi connectivity index (χ4v) is 3.15. The minimum Gasteiger partial charge on any atom is -0.431 e. The second kappa shape index (κ2) is 8.66. The quantitative estimate of drug-likeness (QED) is 0.531. The molecule has 0 aliphatic heterocycles. The van der Waals surface area contributed by atoms with Gasteiger partial charge in [0.15, 0.2) is 0 Å². The largest absolute Gasteiger partial charge is 0.431 e. The summed E-state index contributed by atoms with van der Waals surface area (Å²) in [5.41, 5.74) is -0.205. The van der Waals surface area contributed by atoms with Crippen molar-refractivity contribution in [2.24, 2.45) is 0 Å². The molecule has 1 aromatic heterocycles. The molecule has 3 rings (SSSR count). The van der Waals surface area contributed by atoms with Crippen LogP contribution in [0.2, 0.25) is 10.0 Å². The molecule has 0 spiro atoms. The van der Waals surface area contributed by atoms with Crippen LogP contribution in [0.3, 0.4) is 0 Å². The number of amides is 1. The Hall–Kier alpha value is -2.52. The number of hydrogen-bond acceptors (Lipinski definition) is 4. The van der Waals surface area contributed by atoms with Crippen LogP contribution in [0.4, 0.5) is 0 Å². The number of nitrogens with one attached hydrogen (secondary N) is 1. The molecule has 0 atom stereocenters. The predicted molar refractivity (Wildman–Crippen MR) is 114 cm³/mol. The van der Waals surface area contributed by atoms with Crippen molar-refractivity contribution < 1.29 is 9.53 Å². The van der Waals surface area contributed by atoms with Gasteiger partial charge >= 0.3 is 0 Å². The molecule has 0 saturated heterocycles. The second-order valence-corrected chi connectivity index (χ2v) is 8.25. The summed E-state index contributed by atoms with van der Waals surface area (Å²) in [6.07, 6.45) is 1.63. The smallest absolute Gasteiger partial charge is 0.279 e. The highest BCUT2D eigenvalue weighted by molar-refractivity contribution is 7.13. The van der Waals surface area contributed by atoms with Crippen molar-refractivity contribution >= 4 is 40.4 Å². The van der Waals surface area contributed by atoms with Crippen LogP contribution in [0.1, 0.15) is 29.1 Å². The van der Waals surface area contributed by atoms with Gasteiger partial charge in [-0.3, -0.25) is 4.79 Å². The van der Waals surface area contributed by atoms with E-state index in [0.717, 1.165) is 4.88 Å². The van der Waals surface area contributed by atoms with Crippen LogP contribution in [0.25, 0.3) is 0 Å². The normalized spacial score (nSPS) is 10.7. The number of carbonyl (C=O) groups excluding carboxylic acids is 1. The third-order valence-corrected chi connectivity index (χ3v) is 4.79. The van der Waals surface area contributed by atoms with Gasteiger partial charge in [0, 0.05) is 15.6 Å². The number of aromatic nitrogens is 1. The molecule has 0 bridgehead atoms. The van der Waals surface area contributed by atoms with Crippen molar-refractivity contribution in [2.75, 3.05) is 0 Å². The fraction of sp³-hybridized carbons (Fsp3) is 0.143. The van der Waals surface area contributed by atoms with E-state index < -0.39 is 5.54 Å². The molecule has 7 heteroatoms. The van der Waals surface area contributed by atoms with Crippen LogP contribution in [0.5, 0.6) is 10.9 Å². The van der Waals surface area contributed by atoms with Crippen LogP contribution >= 0.6 is 34.5 Å². The number of nitrogens with zero attached hydrogens (tertiary/aromatic N) is 1. The lowest BCUT2D eigenvalue weighted by Gasteiger charge is -2.19. The summed E-state index contributed by atoms with van der Waals surface area (Å²) in [6, 6.07) is 13.8. The van der Waals surface area contributed by atoms with Gasteiger partial charge in [-0.2, -0.15) is 0 Å². The highest BCUT2D eigenvalue weighted by Gasteiger charge is 2.18. The number of benzene rings is 2. The maximum atomic E-state index is 12.4. The Morgan fingerprint density at radius 1 is 1.14 bits per heavy atom. The number of halogens is 2. The van der Waals surface area contributed by atoms with Crippen molar-refractivity contribution in [3.63, 3.8) is 0 Å². The molecule has 0 unspecified atom stereocenters. The highest BCUT2D eigenvalue weighted by atomic mass is 35.5. The summed E-state index contributed by atoms with van der Waals surface area (Å²) >= 11 is 13.1. The number of rotatable bonds is 4. The van der Waals surface area contributed by atoms with E-state index in [1.165, 1.54) is 11.3 Å². The molecule has 28 heavy (non-hydrogen) atoms. The molecular weight excluding hydrogens is 415 g/mol. The van der Waals surface area contributed by atoms with E-state index in [1.54, 1.807) is 54.7 Å². The summed E-state index contributed by atoms with van der Waals surface area (Å²) in [5, 5.41) is 4.54. The van der Waals surface area contributed by atoms with Crippen LogP contribution in [0.15, 0.2) is 54.7 Å². The summed E-state index contributed by atoms with van der Waals surface area (Å²) in [7, 11) is 0. The average molecular weight is 431 g/mol. The molecule has 0 radical (unpaired) electrons. The topological polar surface area (TPSA) is 51.2 Å². The molecular formula is C21H16Cl2N2O2S. The summed E-state index contributed by atoms with van der Waals surface area (Å²) in [4.78, 5) is 17.3. The average Bonchev–Trinajstić information content (AvgIpc) is 3.08. The Kier molecular flexibility index (Phi) is 6.25. The maximum absolute atomic E-state index is 12.4. The fourth-order valence-electron chi connectivity index (χ4n) is 2.20. The first-order valence-corrected chi connectivity index (χ1v) is 9.88. The predicted octanol–water partition coefficient (Wildman–Crippen LogP) is 5.80. The van der Waals surface area contributed by atoms with Gasteiger partial charge in [-0.05, 0) is 56.3 Å². The lowest BCUT2D eigenvalue weighted by molar-refractivity contribution is 0.0930. The first-order valence-electron chi connectivity index (χ1n) is 8.31. The van der Waals surface area contributed by atoms with Crippen molar-refractivity contribution in [3.8, 4) is 22.8 Å². The first kappa shape index (κ1) is 20.2. The Morgan fingerprint density at radius 2 is 1.89 bits per heavy atom. The van der Waals surface area contributed by atoms with E-state index in [2.05, 4.69) is 22.1 Å². The molecule has 0 saturated carbocycles. The van der Waals surface area contributed by atoms with Crippen LogP contribution in [0, 0.1) is 11.8 Å². The zero-order valence-corrected chi connectivity index (χ0v) is 17.5. The van der Waals surface area contributed by atoms with E-state index in [0.29, 0.717) is 26.6 Å². The zero-order chi connectivity index (χ0) is 20.1. The zero-order valence-electron chi connectivity index (χ0n) is 15.1. The Morgan fingerprint density at radius 3 is 2.61 bits per heavy atom. The van der Waals surface area contributed by atoms with Gasteiger partial charge in [-0.1, -0.05) is 52.4 Å². The standard InChI is InChI=1S/C21H16Cl2N2O2S/c1-21(2,25-19(26)14-6-8-15(22)9-7-14)11-10-18-13-24-20(28-18)27-17-5-3-4-16(23)12-17/h3-9,12-13H,1-2H3,(H,25,26). The molecule has 2 aromatic carbocycles. The van der Waals surface area contributed by atoms with Crippen molar-refractivity contribution in [1.82, 2.24) is 10.3 Å². The van der Waals surface area contributed by atoms with Gasteiger partial charge < -0.3 is 10.1 Å². The molecule has 1 N–H and O–H groups in total. The van der Waals surface area contributed by atoms with E-state index in [4.69, 9.17) is 27.9 Å². The van der Waals surface area contributed by atoms with E-state index >= 15 is 0 Å².